The van der Waals surface area contributed by atoms with E-state index < -0.39 is 11.5 Å². The van der Waals surface area contributed by atoms with Gasteiger partial charge in [0.2, 0.25) is 0 Å². The van der Waals surface area contributed by atoms with E-state index in [1.165, 1.54) is 19.4 Å². The molecule has 2 rings (SSSR count). The number of hydrogen-bond donors (Lipinski definition) is 2. The molecule has 21 heavy (non-hydrogen) atoms. The second-order valence-corrected chi connectivity index (χ2v) is 6.94. The van der Waals surface area contributed by atoms with Crippen molar-refractivity contribution in [3.8, 4) is 0 Å². The number of carboxylic acid groups (broad SMARTS) is 1. The van der Waals surface area contributed by atoms with Gasteiger partial charge in [0.25, 0.3) is 0 Å². The highest BCUT2D eigenvalue weighted by molar-refractivity contribution is 5.79. The predicted molar refractivity (Wildman–Crippen MR) is 84.5 cm³/mol. The highest BCUT2D eigenvalue weighted by Gasteiger charge is 2.47. The molecule has 2 aliphatic rings. The summed E-state index contributed by atoms with van der Waals surface area (Å²) in [5.41, 5.74) is -0.690. The summed E-state index contributed by atoms with van der Waals surface area (Å²) in [6.07, 6.45) is 6.33. The summed E-state index contributed by atoms with van der Waals surface area (Å²) < 4.78 is 0. The van der Waals surface area contributed by atoms with Crippen molar-refractivity contribution < 1.29 is 9.90 Å². The number of piperidine rings is 1. The van der Waals surface area contributed by atoms with Crippen LogP contribution in [0.4, 0.5) is 0 Å². The molecule has 1 saturated heterocycles. The zero-order chi connectivity index (χ0) is 15.5. The first-order chi connectivity index (χ1) is 9.99. The van der Waals surface area contributed by atoms with Crippen molar-refractivity contribution >= 4 is 5.97 Å². The minimum atomic E-state index is -0.690. The van der Waals surface area contributed by atoms with Gasteiger partial charge in [-0.3, -0.25) is 4.79 Å². The molecule has 0 spiro atoms. The van der Waals surface area contributed by atoms with Gasteiger partial charge >= 0.3 is 5.97 Å². The number of carboxylic acids is 1. The molecule has 0 aromatic carbocycles. The lowest BCUT2D eigenvalue weighted by Crippen LogP contribution is -2.54. The average molecular weight is 297 g/mol. The molecule has 3 unspecified atom stereocenters. The number of likely N-dealkylation sites (tertiary alicyclic amines) is 1. The van der Waals surface area contributed by atoms with E-state index in [4.69, 9.17) is 0 Å². The second kappa shape index (κ2) is 7.07. The number of nitrogens with zero attached hydrogens (tertiary/aromatic N) is 2. The minimum absolute atomic E-state index is 0.253. The fourth-order valence-electron chi connectivity index (χ4n) is 4.23. The Morgan fingerprint density at radius 3 is 2.81 bits per heavy atom. The van der Waals surface area contributed by atoms with E-state index in [1.807, 2.05) is 0 Å². The normalized spacial score (nSPS) is 34.5. The maximum absolute atomic E-state index is 11.7. The van der Waals surface area contributed by atoms with E-state index in [0.717, 1.165) is 38.8 Å². The Hall–Kier alpha value is -0.650. The van der Waals surface area contributed by atoms with E-state index in [9.17, 15) is 9.90 Å². The first-order valence-electron chi connectivity index (χ1n) is 8.30. The maximum atomic E-state index is 11.7. The molecule has 1 saturated carbocycles. The first-order valence-corrected chi connectivity index (χ1v) is 8.30. The molecule has 0 radical (unpaired) electrons. The lowest BCUT2D eigenvalue weighted by Gasteiger charge is -2.37. The lowest BCUT2D eigenvalue weighted by molar-refractivity contribution is -0.146. The van der Waals surface area contributed by atoms with Crippen molar-refractivity contribution in [1.29, 1.82) is 0 Å². The van der Waals surface area contributed by atoms with Gasteiger partial charge in [-0.1, -0.05) is 6.42 Å². The smallest absolute Gasteiger partial charge is 0.324 e. The number of aliphatic carboxylic acids is 1. The average Bonchev–Trinajstić information content (AvgIpc) is 2.89. The Bertz CT molecular complexity index is 363. The third-order valence-electron chi connectivity index (χ3n) is 5.70. The predicted octanol–water partition coefficient (Wildman–Crippen LogP) is 1.25. The van der Waals surface area contributed by atoms with Gasteiger partial charge in [-0.25, -0.2) is 0 Å². The van der Waals surface area contributed by atoms with Gasteiger partial charge in [-0.2, -0.15) is 0 Å². The van der Waals surface area contributed by atoms with Gasteiger partial charge in [0, 0.05) is 12.6 Å². The molecular weight excluding hydrogens is 266 g/mol. The fraction of sp³-hybridized carbons (Fsp3) is 0.938. The molecule has 2 N–H and O–H groups in total. The van der Waals surface area contributed by atoms with E-state index in [1.54, 1.807) is 7.05 Å². The van der Waals surface area contributed by atoms with Crippen LogP contribution in [-0.2, 0) is 4.79 Å². The summed E-state index contributed by atoms with van der Waals surface area (Å²) in [6, 6.07) is 0.624. The second-order valence-electron chi connectivity index (χ2n) is 6.94. The van der Waals surface area contributed by atoms with Crippen molar-refractivity contribution in [3.63, 3.8) is 0 Å². The van der Waals surface area contributed by atoms with Gasteiger partial charge in [-0.05, 0) is 72.3 Å². The molecule has 0 bridgehead atoms. The molecule has 1 aliphatic heterocycles. The number of likely N-dealkylation sites (N-methyl/N-ethyl adjacent to an activating group) is 3. The Balaban J connectivity index is 1.88. The molecule has 5 heteroatoms. The van der Waals surface area contributed by atoms with Gasteiger partial charge in [0.15, 0.2) is 0 Å². The zero-order valence-corrected chi connectivity index (χ0v) is 13.8. The summed E-state index contributed by atoms with van der Waals surface area (Å²) in [6.45, 7) is 3.34. The van der Waals surface area contributed by atoms with Crippen LogP contribution in [-0.4, -0.2) is 73.2 Å². The SMILES string of the molecule is CNC1(C(=O)O)CCCC1CCN(C)C1CCCN(C)C1. The molecule has 1 heterocycles. The van der Waals surface area contributed by atoms with Crippen LogP contribution in [0, 0.1) is 5.92 Å². The molecule has 2 fully saturated rings. The van der Waals surface area contributed by atoms with Crippen LogP contribution in [0.5, 0.6) is 0 Å². The molecule has 5 nitrogen and oxygen atoms in total. The summed E-state index contributed by atoms with van der Waals surface area (Å²) in [5, 5.41) is 12.7. The quantitative estimate of drug-likeness (QED) is 0.773. The van der Waals surface area contributed by atoms with Crippen LogP contribution in [0.3, 0.4) is 0 Å². The van der Waals surface area contributed by atoms with Crippen molar-refractivity contribution in [1.82, 2.24) is 15.1 Å². The van der Waals surface area contributed by atoms with Gasteiger partial charge < -0.3 is 20.2 Å². The number of hydrogen-bond acceptors (Lipinski definition) is 4. The topological polar surface area (TPSA) is 55.8 Å². The van der Waals surface area contributed by atoms with Crippen molar-refractivity contribution in [2.45, 2.75) is 50.1 Å². The summed E-state index contributed by atoms with van der Waals surface area (Å²) >= 11 is 0. The van der Waals surface area contributed by atoms with Crippen molar-refractivity contribution in [2.24, 2.45) is 5.92 Å². The van der Waals surface area contributed by atoms with E-state index in [2.05, 4.69) is 29.2 Å². The maximum Gasteiger partial charge on any atom is 0.324 e. The number of nitrogens with one attached hydrogen (secondary N) is 1. The van der Waals surface area contributed by atoms with E-state index in [-0.39, 0.29) is 5.92 Å². The highest BCUT2D eigenvalue weighted by Crippen LogP contribution is 2.38. The van der Waals surface area contributed by atoms with Crippen molar-refractivity contribution in [2.75, 3.05) is 40.8 Å². The standard InChI is InChI=1S/C16H31N3O2/c1-17-16(15(20)21)9-4-6-13(16)8-11-19(3)14-7-5-10-18(2)12-14/h13-14,17H,4-12H2,1-3H3,(H,20,21). The van der Waals surface area contributed by atoms with E-state index >= 15 is 0 Å². The molecule has 1 aliphatic carbocycles. The molecular formula is C16H31N3O2. The Labute approximate surface area is 128 Å². The Morgan fingerprint density at radius 1 is 1.43 bits per heavy atom. The summed E-state index contributed by atoms with van der Waals surface area (Å²) in [4.78, 5) is 16.5. The largest absolute Gasteiger partial charge is 0.480 e. The van der Waals surface area contributed by atoms with Crippen LogP contribution < -0.4 is 5.32 Å². The Kier molecular flexibility index (Phi) is 5.63. The Morgan fingerprint density at radius 2 is 2.19 bits per heavy atom. The molecule has 122 valence electrons. The van der Waals surface area contributed by atoms with Crippen LogP contribution in [0.1, 0.15) is 38.5 Å². The summed E-state index contributed by atoms with van der Waals surface area (Å²) in [7, 11) is 6.18. The monoisotopic (exact) mass is 297 g/mol. The van der Waals surface area contributed by atoms with E-state index in [0.29, 0.717) is 6.04 Å². The highest BCUT2D eigenvalue weighted by atomic mass is 16.4. The van der Waals surface area contributed by atoms with Crippen molar-refractivity contribution in [3.05, 3.63) is 0 Å². The first kappa shape index (κ1) is 16.7. The van der Waals surface area contributed by atoms with Crippen LogP contribution in [0.2, 0.25) is 0 Å². The molecule has 0 aromatic rings. The molecule has 3 atom stereocenters. The number of rotatable bonds is 6. The van der Waals surface area contributed by atoms with Crippen LogP contribution in [0.15, 0.2) is 0 Å². The minimum Gasteiger partial charge on any atom is -0.480 e. The van der Waals surface area contributed by atoms with Gasteiger partial charge in [0.05, 0.1) is 0 Å². The number of carbonyl (C=O) groups is 1. The third kappa shape index (κ3) is 3.58. The fourth-order valence-corrected chi connectivity index (χ4v) is 4.23. The van der Waals surface area contributed by atoms with Crippen LogP contribution >= 0.6 is 0 Å². The molecule has 0 amide bonds. The molecule has 0 aromatic heterocycles. The summed E-state index contributed by atoms with van der Waals surface area (Å²) in [5.74, 6) is -0.420. The van der Waals surface area contributed by atoms with Crippen LogP contribution in [0.25, 0.3) is 0 Å². The lowest BCUT2D eigenvalue weighted by atomic mass is 9.84. The van der Waals surface area contributed by atoms with Gasteiger partial charge in [-0.15, -0.1) is 0 Å². The third-order valence-corrected chi connectivity index (χ3v) is 5.70. The van der Waals surface area contributed by atoms with Gasteiger partial charge in [0.1, 0.15) is 5.54 Å². The zero-order valence-electron chi connectivity index (χ0n) is 13.8.